The maximum Gasteiger partial charge on any atom is 0.329 e. The Morgan fingerprint density at radius 3 is 2.40 bits per heavy atom. The summed E-state index contributed by atoms with van der Waals surface area (Å²) in [7, 11) is 0. The lowest BCUT2D eigenvalue weighted by molar-refractivity contribution is 0.202. The van der Waals surface area contributed by atoms with Crippen molar-refractivity contribution < 1.29 is 4.52 Å². The summed E-state index contributed by atoms with van der Waals surface area (Å²) in [6, 6.07) is 15.3. The van der Waals surface area contributed by atoms with Crippen LogP contribution in [0.4, 0.5) is 5.82 Å². The molecule has 2 aliphatic rings. The van der Waals surface area contributed by atoms with Gasteiger partial charge < -0.3 is 14.4 Å². The Morgan fingerprint density at radius 2 is 1.60 bits per heavy atom. The molecule has 0 radical (unpaired) electrons. The molecule has 2 fully saturated rings. The van der Waals surface area contributed by atoms with E-state index in [2.05, 4.69) is 26.0 Å². The highest BCUT2D eigenvalue weighted by Gasteiger charge is 2.27. The Balaban J connectivity index is 1.01. The lowest BCUT2D eigenvalue weighted by atomic mass is 9.84. The van der Waals surface area contributed by atoms with Crippen LogP contribution in [0.1, 0.15) is 38.1 Å². The smallest absolute Gasteiger partial charge is 0.329 e. The molecular formula is C27H31N5O3. The van der Waals surface area contributed by atoms with Gasteiger partial charge in [0.05, 0.1) is 16.3 Å². The Hall–Kier alpha value is -3.39. The van der Waals surface area contributed by atoms with Crippen molar-refractivity contribution >= 4 is 27.7 Å². The minimum atomic E-state index is -0.282. The number of fused-ring (bicyclic) bond motifs is 2. The van der Waals surface area contributed by atoms with Crippen molar-refractivity contribution in [3.63, 3.8) is 0 Å². The number of benzene rings is 2. The van der Waals surface area contributed by atoms with Gasteiger partial charge in [-0.05, 0) is 68.8 Å². The minimum absolute atomic E-state index is 0.00654. The first-order chi connectivity index (χ1) is 17.2. The molecule has 1 aliphatic heterocycles. The standard InChI is InChI=1S/C27H31N5O3/c33-26-21-5-1-3-7-23(21)28-27(34)32(26)20-11-9-19(10-12-20)13-14-30-15-17-31(18-16-30)25-22-6-2-4-8-24(22)35-29-25/h1-8,19-20H,9-18H2,(H,28,34). The van der Waals surface area contributed by atoms with Crippen molar-refractivity contribution in [2.75, 3.05) is 37.6 Å². The first-order valence-electron chi connectivity index (χ1n) is 12.7. The zero-order chi connectivity index (χ0) is 23.8. The van der Waals surface area contributed by atoms with E-state index in [-0.39, 0.29) is 17.3 Å². The van der Waals surface area contributed by atoms with Crippen LogP contribution < -0.4 is 16.1 Å². The number of H-pyrrole nitrogens is 1. The van der Waals surface area contributed by atoms with Crippen LogP contribution in [-0.4, -0.2) is 52.3 Å². The van der Waals surface area contributed by atoms with Crippen LogP contribution in [0, 0.1) is 5.92 Å². The fourth-order valence-electron chi connectivity index (χ4n) is 5.85. The fourth-order valence-corrected chi connectivity index (χ4v) is 5.85. The second-order valence-corrected chi connectivity index (χ2v) is 9.95. The predicted octanol–water partition coefficient (Wildman–Crippen LogP) is 3.77. The van der Waals surface area contributed by atoms with Crippen LogP contribution in [0.2, 0.25) is 0 Å². The number of anilines is 1. The summed E-state index contributed by atoms with van der Waals surface area (Å²) < 4.78 is 6.95. The fraction of sp³-hybridized carbons (Fsp3) is 0.444. The van der Waals surface area contributed by atoms with Crippen LogP contribution >= 0.6 is 0 Å². The van der Waals surface area contributed by atoms with E-state index in [0.29, 0.717) is 16.8 Å². The first-order valence-corrected chi connectivity index (χ1v) is 12.7. The van der Waals surface area contributed by atoms with Gasteiger partial charge in [0.15, 0.2) is 11.4 Å². The average molecular weight is 474 g/mol. The second-order valence-electron chi connectivity index (χ2n) is 9.95. The van der Waals surface area contributed by atoms with E-state index in [1.807, 2.05) is 30.3 Å². The number of aromatic nitrogens is 3. The molecule has 1 aliphatic carbocycles. The molecule has 1 saturated heterocycles. The molecule has 1 saturated carbocycles. The van der Waals surface area contributed by atoms with E-state index in [0.717, 1.165) is 75.2 Å². The van der Waals surface area contributed by atoms with E-state index >= 15 is 0 Å². The van der Waals surface area contributed by atoms with Gasteiger partial charge >= 0.3 is 5.69 Å². The topological polar surface area (TPSA) is 87.4 Å². The molecule has 0 bridgehead atoms. The number of piperazine rings is 1. The van der Waals surface area contributed by atoms with Gasteiger partial charge in [-0.25, -0.2) is 4.79 Å². The van der Waals surface area contributed by atoms with Gasteiger partial charge in [0.2, 0.25) is 0 Å². The molecule has 0 spiro atoms. The molecule has 1 N–H and O–H groups in total. The van der Waals surface area contributed by atoms with Crippen molar-refractivity contribution in [1.82, 2.24) is 19.6 Å². The minimum Gasteiger partial charge on any atom is -0.354 e. The molecule has 6 rings (SSSR count). The van der Waals surface area contributed by atoms with Crippen LogP contribution in [-0.2, 0) is 0 Å². The summed E-state index contributed by atoms with van der Waals surface area (Å²) in [6.07, 6.45) is 5.07. The third kappa shape index (κ3) is 4.27. The molecule has 2 aromatic carbocycles. The third-order valence-corrected chi connectivity index (χ3v) is 7.90. The van der Waals surface area contributed by atoms with E-state index in [1.165, 1.54) is 11.0 Å². The summed E-state index contributed by atoms with van der Waals surface area (Å²) in [4.78, 5) is 33.4. The van der Waals surface area contributed by atoms with E-state index < -0.39 is 0 Å². The monoisotopic (exact) mass is 473 g/mol. The molecule has 0 atom stereocenters. The molecule has 182 valence electrons. The van der Waals surface area contributed by atoms with Crippen molar-refractivity contribution in [2.45, 2.75) is 38.1 Å². The number of nitrogens with one attached hydrogen (secondary N) is 1. The number of rotatable bonds is 5. The molecule has 2 aromatic heterocycles. The lowest BCUT2D eigenvalue weighted by Gasteiger charge is -2.36. The number of hydrogen-bond donors (Lipinski definition) is 1. The van der Waals surface area contributed by atoms with Gasteiger partial charge in [-0.3, -0.25) is 14.3 Å². The third-order valence-electron chi connectivity index (χ3n) is 7.90. The number of nitrogens with zero attached hydrogens (tertiary/aromatic N) is 4. The Labute approximate surface area is 203 Å². The Kier molecular flexibility index (Phi) is 5.90. The maximum absolute atomic E-state index is 13.0. The van der Waals surface area contributed by atoms with Crippen molar-refractivity contribution in [1.29, 1.82) is 0 Å². The summed E-state index contributed by atoms with van der Waals surface area (Å²) >= 11 is 0. The molecule has 3 heterocycles. The normalized spacial score (nSPS) is 21.7. The molecule has 4 aromatic rings. The van der Waals surface area contributed by atoms with Crippen molar-refractivity contribution in [3.8, 4) is 0 Å². The highest BCUT2D eigenvalue weighted by atomic mass is 16.5. The highest BCUT2D eigenvalue weighted by Crippen LogP contribution is 2.33. The predicted molar refractivity (Wildman–Crippen MR) is 137 cm³/mol. The van der Waals surface area contributed by atoms with Crippen LogP contribution in [0.3, 0.4) is 0 Å². The van der Waals surface area contributed by atoms with E-state index in [4.69, 9.17) is 4.52 Å². The van der Waals surface area contributed by atoms with Gasteiger partial charge in [-0.15, -0.1) is 0 Å². The Morgan fingerprint density at radius 1 is 0.886 bits per heavy atom. The zero-order valence-electron chi connectivity index (χ0n) is 19.9. The largest absolute Gasteiger partial charge is 0.354 e. The summed E-state index contributed by atoms with van der Waals surface area (Å²) in [5.41, 5.74) is 1.01. The van der Waals surface area contributed by atoms with Crippen molar-refractivity contribution in [2.24, 2.45) is 5.92 Å². The summed E-state index contributed by atoms with van der Waals surface area (Å²) in [5.74, 6) is 1.61. The summed E-state index contributed by atoms with van der Waals surface area (Å²) in [5, 5.41) is 5.98. The zero-order valence-corrected chi connectivity index (χ0v) is 19.9. The number of hydrogen-bond acceptors (Lipinski definition) is 6. The van der Waals surface area contributed by atoms with E-state index in [9.17, 15) is 9.59 Å². The highest BCUT2D eigenvalue weighted by molar-refractivity contribution is 5.88. The van der Waals surface area contributed by atoms with Gasteiger partial charge in [-0.1, -0.05) is 29.4 Å². The average Bonchev–Trinajstić information content (AvgIpc) is 3.33. The van der Waals surface area contributed by atoms with Gasteiger partial charge in [0.25, 0.3) is 5.56 Å². The molecular weight excluding hydrogens is 442 g/mol. The molecule has 0 amide bonds. The van der Waals surface area contributed by atoms with Crippen LogP contribution in [0.25, 0.3) is 21.9 Å². The lowest BCUT2D eigenvalue weighted by Crippen LogP contribution is -2.47. The number of aromatic amines is 1. The van der Waals surface area contributed by atoms with Crippen LogP contribution in [0.5, 0.6) is 0 Å². The molecule has 35 heavy (non-hydrogen) atoms. The SMILES string of the molecule is O=c1[nH]c2ccccc2c(=O)n1C1CCC(CCN2CCN(c3noc4ccccc34)CC2)CC1. The quantitative estimate of drug-likeness (QED) is 0.475. The van der Waals surface area contributed by atoms with Crippen molar-refractivity contribution in [3.05, 3.63) is 69.4 Å². The molecule has 0 unspecified atom stereocenters. The van der Waals surface area contributed by atoms with Gasteiger partial charge in [0, 0.05) is 32.2 Å². The maximum atomic E-state index is 13.0. The molecule has 8 nitrogen and oxygen atoms in total. The summed E-state index contributed by atoms with van der Waals surface area (Å²) in [6.45, 7) is 5.06. The van der Waals surface area contributed by atoms with E-state index in [1.54, 1.807) is 12.1 Å². The second kappa shape index (κ2) is 9.34. The van der Waals surface area contributed by atoms with Gasteiger partial charge in [0.1, 0.15) is 0 Å². The number of para-hydroxylation sites is 2. The van der Waals surface area contributed by atoms with Gasteiger partial charge in [-0.2, -0.15) is 0 Å². The van der Waals surface area contributed by atoms with Crippen LogP contribution in [0.15, 0.2) is 62.6 Å². The molecule has 8 heteroatoms. The Bertz CT molecular complexity index is 1440. The first kappa shape index (κ1) is 22.1.